The van der Waals surface area contributed by atoms with Crippen LogP contribution in [0.5, 0.6) is 0 Å². The van der Waals surface area contributed by atoms with Crippen LogP contribution in [0.2, 0.25) is 5.02 Å². The number of nitrogens with zero attached hydrogens (tertiary/aromatic N) is 3. The summed E-state index contributed by atoms with van der Waals surface area (Å²) in [5.41, 5.74) is 3.89. The summed E-state index contributed by atoms with van der Waals surface area (Å²) >= 11 is 6.43. The van der Waals surface area contributed by atoms with Gasteiger partial charge in [0.25, 0.3) is 5.91 Å². The minimum atomic E-state index is -0.812. The molecule has 2 aromatic rings. The molecular formula is C31H33ClFN3O5. The lowest BCUT2D eigenvalue weighted by Crippen LogP contribution is -2.64. The van der Waals surface area contributed by atoms with Gasteiger partial charge >= 0.3 is 5.97 Å². The zero-order valence-corrected chi connectivity index (χ0v) is 23.6. The smallest absolute Gasteiger partial charge is 0.306 e. The van der Waals surface area contributed by atoms with Crippen LogP contribution in [0.1, 0.15) is 90.2 Å². The first-order valence-corrected chi connectivity index (χ1v) is 15.1. The average molecular weight is 582 g/mol. The number of carbonyl (C=O) groups excluding carboxylic acids is 2. The van der Waals surface area contributed by atoms with E-state index in [1.54, 1.807) is 6.07 Å². The number of halogens is 2. The minimum Gasteiger partial charge on any atom is -0.481 e. The van der Waals surface area contributed by atoms with Gasteiger partial charge in [0.2, 0.25) is 5.91 Å². The first kappa shape index (κ1) is 26.8. The van der Waals surface area contributed by atoms with Gasteiger partial charge in [-0.15, -0.1) is 0 Å². The number of amides is 1. The molecule has 1 N–H and O–H groups in total. The first-order chi connectivity index (χ1) is 19.7. The van der Waals surface area contributed by atoms with Gasteiger partial charge in [-0.25, -0.2) is 4.39 Å². The van der Waals surface area contributed by atoms with E-state index in [2.05, 4.69) is 0 Å². The Balaban J connectivity index is 1.24. The number of allylic oxidation sites excluding steroid dienone is 2. The molecule has 3 fully saturated rings. The molecular weight excluding hydrogens is 549 g/mol. The van der Waals surface area contributed by atoms with Crippen molar-refractivity contribution in [3.05, 3.63) is 57.1 Å². The summed E-state index contributed by atoms with van der Waals surface area (Å²) in [5, 5.41) is 14.1. The lowest BCUT2D eigenvalue weighted by atomic mass is 9.81. The van der Waals surface area contributed by atoms with Crippen molar-refractivity contribution in [1.29, 1.82) is 0 Å². The third kappa shape index (κ3) is 4.61. The zero-order chi connectivity index (χ0) is 28.5. The maximum Gasteiger partial charge on any atom is 0.306 e. The van der Waals surface area contributed by atoms with Gasteiger partial charge < -0.3 is 14.7 Å². The molecule has 2 atom stereocenters. The molecule has 3 heterocycles. The van der Waals surface area contributed by atoms with Gasteiger partial charge in [-0.3, -0.25) is 14.4 Å². The Morgan fingerprint density at radius 1 is 1.10 bits per heavy atom. The van der Waals surface area contributed by atoms with Gasteiger partial charge in [-0.1, -0.05) is 23.7 Å². The Bertz CT molecular complexity index is 1480. The number of carboxylic acids is 1. The first-order valence-electron chi connectivity index (χ1n) is 14.7. The fourth-order valence-electron chi connectivity index (χ4n) is 7.21. The molecule has 5 aliphatic rings. The predicted octanol–water partition coefficient (Wildman–Crippen LogP) is 5.01. The molecule has 1 saturated carbocycles. The fourth-order valence-corrected chi connectivity index (χ4v) is 7.47. The van der Waals surface area contributed by atoms with E-state index in [9.17, 15) is 23.9 Å². The molecule has 0 radical (unpaired) electrons. The number of ether oxygens (including phenoxy) is 1. The number of hydrogen-bond acceptors (Lipinski definition) is 5. The van der Waals surface area contributed by atoms with Gasteiger partial charge in [0.15, 0.2) is 0 Å². The van der Waals surface area contributed by atoms with E-state index in [4.69, 9.17) is 21.4 Å². The second-order valence-corrected chi connectivity index (χ2v) is 12.8. The van der Waals surface area contributed by atoms with Gasteiger partial charge in [0.05, 0.1) is 41.0 Å². The Morgan fingerprint density at radius 3 is 2.54 bits per heavy atom. The minimum absolute atomic E-state index is 0.0714. The molecule has 1 aromatic carbocycles. The summed E-state index contributed by atoms with van der Waals surface area (Å²) in [6.07, 6.45) is 8.77. The lowest BCUT2D eigenvalue weighted by molar-refractivity contribution is -0.162. The van der Waals surface area contributed by atoms with Crippen LogP contribution in [0.25, 0.3) is 5.57 Å². The van der Waals surface area contributed by atoms with E-state index in [0.29, 0.717) is 63.0 Å². The van der Waals surface area contributed by atoms with Crippen molar-refractivity contribution in [1.82, 2.24) is 14.7 Å². The average Bonchev–Trinajstić information content (AvgIpc) is 3.55. The van der Waals surface area contributed by atoms with Gasteiger partial charge in [-0.2, -0.15) is 9.78 Å². The number of carboxylic acid groups (broad SMARTS) is 1. The summed E-state index contributed by atoms with van der Waals surface area (Å²) in [7, 11) is 0. The summed E-state index contributed by atoms with van der Waals surface area (Å²) in [4.78, 5) is 41.1. The van der Waals surface area contributed by atoms with Crippen molar-refractivity contribution in [2.75, 3.05) is 19.7 Å². The van der Waals surface area contributed by atoms with E-state index >= 15 is 0 Å². The Hall–Kier alpha value is -3.04. The maximum atomic E-state index is 14.7. The number of aliphatic carboxylic acids is 1. The molecule has 216 valence electrons. The second kappa shape index (κ2) is 10.1. The molecule has 2 aliphatic heterocycles. The SMILES string of the molecule is O=C(O)C1CC=C(c2nn(C(=O)c3c(C4CC4)ccc(F)c3Cl)c3c2CCC(C(=O)N2CC4(CCCO4)C2)C3)CC1. The number of hydrogen-bond donors (Lipinski definition) is 1. The van der Waals surface area contributed by atoms with Crippen molar-refractivity contribution < 1.29 is 28.6 Å². The van der Waals surface area contributed by atoms with Crippen LogP contribution in [0, 0.1) is 17.7 Å². The number of likely N-dealkylation sites (tertiary alicyclic amines) is 1. The quantitative estimate of drug-likeness (QED) is 0.533. The van der Waals surface area contributed by atoms with Gasteiger partial charge in [-0.05, 0) is 80.9 Å². The van der Waals surface area contributed by atoms with Crippen molar-refractivity contribution in [3.63, 3.8) is 0 Å². The predicted molar refractivity (Wildman–Crippen MR) is 148 cm³/mol. The van der Waals surface area contributed by atoms with Crippen LogP contribution in [0.15, 0.2) is 18.2 Å². The van der Waals surface area contributed by atoms with E-state index < -0.39 is 23.6 Å². The van der Waals surface area contributed by atoms with Crippen LogP contribution >= 0.6 is 11.6 Å². The number of fused-ring (bicyclic) bond motifs is 1. The molecule has 1 aromatic heterocycles. The van der Waals surface area contributed by atoms with E-state index in [1.165, 1.54) is 10.7 Å². The van der Waals surface area contributed by atoms with Crippen LogP contribution < -0.4 is 0 Å². The van der Waals surface area contributed by atoms with E-state index in [-0.39, 0.29) is 33.9 Å². The lowest BCUT2D eigenvalue weighted by Gasteiger charge is -2.48. The highest BCUT2D eigenvalue weighted by Gasteiger charge is 2.50. The molecule has 3 aliphatic carbocycles. The number of benzene rings is 1. The number of rotatable bonds is 5. The van der Waals surface area contributed by atoms with E-state index in [1.807, 2.05) is 11.0 Å². The molecule has 2 unspecified atom stereocenters. The van der Waals surface area contributed by atoms with Crippen molar-refractivity contribution >= 4 is 35.0 Å². The molecule has 2 saturated heterocycles. The molecule has 8 nitrogen and oxygen atoms in total. The number of carbonyl (C=O) groups is 3. The topological polar surface area (TPSA) is 102 Å². The van der Waals surface area contributed by atoms with Gasteiger partial charge in [0, 0.05) is 24.5 Å². The molecule has 41 heavy (non-hydrogen) atoms. The van der Waals surface area contributed by atoms with Crippen molar-refractivity contribution in [2.24, 2.45) is 11.8 Å². The van der Waals surface area contributed by atoms with Crippen LogP contribution in [0.4, 0.5) is 4.39 Å². The second-order valence-electron chi connectivity index (χ2n) is 12.4. The summed E-state index contributed by atoms with van der Waals surface area (Å²) in [6.45, 7) is 1.97. The van der Waals surface area contributed by atoms with Crippen molar-refractivity contribution in [3.8, 4) is 0 Å². The van der Waals surface area contributed by atoms with Gasteiger partial charge in [0.1, 0.15) is 11.4 Å². The van der Waals surface area contributed by atoms with Crippen LogP contribution in [-0.2, 0) is 27.2 Å². The summed E-state index contributed by atoms with van der Waals surface area (Å²) < 4.78 is 21.9. The monoisotopic (exact) mass is 581 g/mol. The molecule has 0 bridgehead atoms. The third-order valence-electron chi connectivity index (χ3n) is 9.69. The highest BCUT2D eigenvalue weighted by atomic mass is 35.5. The largest absolute Gasteiger partial charge is 0.481 e. The highest BCUT2D eigenvalue weighted by molar-refractivity contribution is 6.34. The van der Waals surface area contributed by atoms with Crippen molar-refractivity contribution in [2.45, 2.75) is 75.7 Å². The standard InChI is InChI=1S/C31H33ClFN3O5/c32-26-23(33)11-10-21(17-2-3-17)25(26)29(38)36-24-14-20(28(37)35-15-31(16-35)12-1-13-41-31)8-9-22(24)27(34-36)18-4-6-19(7-5-18)30(39)40/h4,10-11,17,19-20H,1-3,5-9,12-16H2,(H,39,40). The van der Waals surface area contributed by atoms with Crippen LogP contribution in [0.3, 0.4) is 0 Å². The highest BCUT2D eigenvalue weighted by Crippen LogP contribution is 2.45. The summed E-state index contributed by atoms with van der Waals surface area (Å²) in [5.74, 6) is -2.43. The normalized spacial score (nSPS) is 25.0. The molecule has 10 heteroatoms. The molecule has 1 spiro atoms. The fraction of sp³-hybridized carbons (Fsp3) is 0.548. The Labute approximate surface area is 242 Å². The molecule has 7 rings (SSSR count). The Morgan fingerprint density at radius 2 is 1.88 bits per heavy atom. The van der Waals surface area contributed by atoms with E-state index in [0.717, 1.165) is 49.0 Å². The molecule has 1 amide bonds. The zero-order valence-electron chi connectivity index (χ0n) is 22.8. The van der Waals surface area contributed by atoms with Crippen LogP contribution in [-0.4, -0.2) is 62.9 Å². The maximum absolute atomic E-state index is 14.7. The Kier molecular flexibility index (Phi) is 6.58. The summed E-state index contributed by atoms with van der Waals surface area (Å²) in [6, 6.07) is 2.96. The number of aromatic nitrogens is 2. The third-order valence-corrected chi connectivity index (χ3v) is 10.1.